The van der Waals surface area contributed by atoms with Crippen molar-refractivity contribution < 1.29 is 32.7 Å². The number of hydrogen-bond acceptors (Lipinski definition) is 7. The van der Waals surface area contributed by atoms with Crippen LogP contribution >= 0.6 is 11.6 Å². The average Bonchev–Trinajstić information content (AvgIpc) is 3.34. The van der Waals surface area contributed by atoms with Crippen LogP contribution < -0.4 is 15.5 Å². The summed E-state index contributed by atoms with van der Waals surface area (Å²) in [7, 11) is 1.48. The van der Waals surface area contributed by atoms with Crippen molar-refractivity contribution in [3.05, 3.63) is 74.2 Å². The highest BCUT2D eigenvalue weighted by molar-refractivity contribution is 6.31. The number of carbonyl (C=O) groups is 2. The van der Waals surface area contributed by atoms with Crippen LogP contribution in [0.1, 0.15) is 65.6 Å². The van der Waals surface area contributed by atoms with Crippen LogP contribution in [0.5, 0.6) is 5.75 Å². The number of aromatic nitrogens is 1. The van der Waals surface area contributed by atoms with Crippen molar-refractivity contribution in [1.82, 2.24) is 14.8 Å². The summed E-state index contributed by atoms with van der Waals surface area (Å²) in [6.07, 6.45) is 6.60. The molecule has 2 bridgehead atoms. The van der Waals surface area contributed by atoms with Crippen LogP contribution in [0.2, 0.25) is 5.02 Å². The van der Waals surface area contributed by atoms with E-state index in [0.717, 1.165) is 18.6 Å². The number of nitrogens with zero attached hydrogens (tertiary/aromatic N) is 3. The van der Waals surface area contributed by atoms with E-state index in [0.29, 0.717) is 12.3 Å². The number of ether oxygens (including phenoxy) is 2. The molecule has 1 N–H and O–H groups in total. The van der Waals surface area contributed by atoms with Crippen LogP contribution in [0, 0.1) is 11.6 Å². The van der Waals surface area contributed by atoms with E-state index in [2.05, 4.69) is 10.5 Å². The van der Waals surface area contributed by atoms with E-state index in [9.17, 15) is 23.2 Å². The Morgan fingerprint density at radius 1 is 1.32 bits per heavy atom. The minimum atomic E-state index is -1.07. The van der Waals surface area contributed by atoms with Crippen LogP contribution in [0.15, 0.2) is 40.4 Å². The minimum absolute atomic E-state index is 0.000319. The molecule has 0 aliphatic carbocycles. The molecule has 4 heterocycles. The van der Waals surface area contributed by atoms with Gasteiger partial charge in [0.05, 0.1) is 26.2 Å². The summed E-state index contributed by atoms with van der Waals surface area (Å²) in [6, 6.07) is 1.20. The smallest absolute Gasteiger partial charge is 0.275 e. The van der Waals surface area contributed by atoms with Gasteiger partial charge in [-0.2, -0.15) is 0 Å². The van der Waals surface area contributed by atoms with E-state index in [4.69, 9.17) is 25.9 Å². The number of amides is 2. The van der Waals surface area contributed by atoms with E-state index in [1.54, 1.807) is 9.47 Å². The van der Waals surface area contributed by atoms with E-state index in [1.807, 2.05) is 26.0 Å². The molecule has 3 aliphatic heterocycles. The number of rotatable bonds is 7. The Balaban J connectivity index is 1.60. The second-order valence-electron chi connectivity index (χ2n) is 10.2. The van der Waals surface area contributed by atoms with Crippen LogP contribution in [0.4, 0.5) is 8.78 Å². The average molecular weight is 591 g/mol. The van der Waals surface area contributed by atoms with Crippen molar-refractivity contribution in [3.63, 3.8) is 0 Å². The molecule has 13 heteroatoms. The summed E-state index contributed by atoms with van der Waals surface area (Å²) in [5.74, 6) is -3.12. The number of benzene rings is 1. The molecular weight excluding hydrogens is 562 g/mol. The molecule has 10 nitrogen and oxygen atoms in total. The molecule has 0 radical (unpaired) electrons. The first-order chi connectivity index (χ1) is 19.6. The maximum atomic E-state index is 14.4. The Morgan fingerprint density at radius 2 is 2.10 bits per heavy atom. The number of oxime groups is 1. The molecule has 3 aliphatic rings. The van der Waals surface area contributed by atoms with E-state index < -0.39 is 45.5 Å². The molecule has 1 aromatic carbocycles. The highest BCUT2D eigenvalue weighted by Crippen LogP contribution is 2.43. The van der Waals surface area contributed by atoms with Gasteiger partial charge in [0.1, 0.15) is 22.2 Å². The van der Waals surface area contributed by atoms with Crippen LogP contribution in [0.25, 0.3) is 0 Å². The lowest BCUT2D eigenvalue weighted by Crippen LogP contribution is -2.53. The summed E-state index contributed by atoms with van der Waals surface area (Å²) in [6.45, 7) is 3.78. The van der Waals surface area contributed by atoms with Crippen molar-refractivity contribution >= 4 is 29.3 Å². The second kappa shape index (κ2) is 11.2. The maximum Gasteiger partial charge on any atom is 0.275 e. The molecular formula is C28H29ClF2N4O6. The first-order valence-electron chi connectivity index (χ1n) is 13.2. The quantitative estimate of drug-likeness (QED) is 0.297. The molecule has 0 unspecified atom stereocenters. The molecule has 41 heavy (non-hydrogen) atoms. The molecule has 0 saturated carbocycles. The number of fused-ring (bicyclic) bond motifs is 5. The van der Waals surface area contributed by atoms with E-state index >= 15 is 0 Å². The minimum Gasteiger partial charge on any atom is -0.487 e. The fourth-order valence-corrected chi connectivity index (χ4v) is 5.40. The number of carbonyl (C=O) groups excluding carboxylic acids is 2. The Morgan fingerprint density at radius 3 is 2.80 bits per heavy atom. The summed E-state index contributed by atoms with van der Waals surface area (Å²) < 4.78 is 40.8. The number of pyridine rings is 1. The largest absolute Gasteiger partial charge is 0.487 e. The van der Waals surface area contributed by atoms with Gasteiger partial charge < -0.3 is 29.1 Å². The van der Waals surface area contributed by atoms with E-state index in [1.165, 1.54) is 13.3 Å². The zero-order valence-electron chi connectivity index (χ0n) is 22.7. The van der Waals surface area contributed by atoms with Gasteiger partial charge in [-0.05, 0) is 25.5 Å². The lowest BCUT2D eigenvalue weighted by atomic mass is 9.88. The zero-order chi connectivity index (χ0) is 29.5. The van der Waals surface area contributed by atoms with Gasteiger partial charge in [0, 0.05) is 30.9 Å². The summed E-state index contributed by atoms with van der Waals surface area (Å²) in [4.78, 5) is 48.4. The molecule has 1 aromatic heterocycles. The van der Waals surface area contributed by atoms with Gasteiger partial charge in [0.15, 0.2) is 17.0 Å². The topological polar surface area (TPSA) is 111 Å². The normalized spacial score (nSPS) is 22.6. The third-order valence-corrected chi connectivity index (χ3v) is 7.94. The van der Waals surface area contributed by atoms with Crippen molar-refractivity contribution in [2.45, 2.75) is 57.3 Å². The Bertz CT molecular complexity index is 1530. The van der Waals surface area contributed by atoms with Gasteiger partial charge in [-0.25, -0.2) is 8.78 Å². The van der Waals surface area contributed by atoms with Crippen LogP contribution in [-0.4, -0.2) is 59.1 Å². The standard InChI is InChI=1S/C28H29ClF2N4O6/c1-4-5-10-40-25-23-27(38)34-14-19(28(9-8-15(34)2)11-20(39-3)33-41-28)35(23)13-17(24(25)36)26(37)32-12-16-6-7-18(30)21(29)22(16)31/h6-9,13,15,19H,4-5,10-12,14H2,1-3H3,(H,32,37)/t15-,19+,28-/m0/s1. The van der Waals surface area contributed by atoms with Crippen LogP contribution in [-0.2, 0) is 16.1 Å². The lowest BCUT2D eigenvalue weighted by molar-refractivity contribution is -0.0317. The molecule has 3 atom stereocenters. The first kappa shape index (κ1) is 28.6. The second-order valence-corrected chi connectivity index (χ2v) is 10.5. The van der Waals surface area contributed by atoms with Gasteiger partial charge in [-0.3, -0.25) is 14.4 Å². The van der Waals surface area contributed by atoms with Gasteiger partial charge in [-0.15, -0.1) is 0 Å². The fraction of sp³-hybridized carbons (Fsp3) is 0.429. The monoisotopic (exact) mass is 590 g/mol. The summed E-state index contributed by atoms with van der Waals surface area (Å²) in [5, 5.41) is 5.86. The third-order valence-electron chi connectivity index (χ3n) is 7.60. The Hall–Kier alpha value is -3.93. The molecule has 218 valence electrons. The molecule has 2 aromatic rings. The number of methoxy groups -OCH3 is 1. The van der Waals surface area contributed by atoms with Crippen molar-refractivity contribution in [2.75, 3.05) is 20.3 Å². The maximum absolute atomic E-state index is 14.4. The lowest BCUT2D eigenvalue weighted by Gasteiger charge is -2.41. The van der Waals surface area contributed by atoms with Crippen LogP contribution in [0.3, 0.4) is 0 Å². The summed E-state index contributed by atoms with van der Waals surface area (Å²) in [5.41, 5.74) is -2.25. The molecule has 0 saturated heterocycles. The highest BCUT2D eigenvalue weighted by atomic mass is 35.5. The molecule has 0 fully saturated rings. The molecule has 2 amide bonds. The number of hydrogen-bond donors (Lipinski definition) is 1. The SMILES string of the molecule is CCCCOc1c2n(cc(C(=O)NCc3ccc(F)c(Cl)c3F)c1=O)[C@@H]1CN(C2=O)[C@@H](C)C=C[C@]12CC(OC)=NO2. The zero-order valence-corrected chi connectivity index (χ0v) is 23.5. The van der Waals surface area contributed by atoms with E-state index in [-0.39, 0.29) is 54.7 Å². The van der Waals surface area contributed by atoms with Gasteiger partial charge >= 0.3 is 0 Å². The number of halogens is 3. The number of nitrogens with one attached hydrogen (secondary N) is 1. The molecule has 1 spiro atoms. The fourth-order valence-electron chi connectivity index (χ4n) is 5.22. The predicted octanol–water partition coefficient (Wildman–Crippen LogP) is 3.96. The van der Waals surface area contributed by atoms with Crippen molar-refractivity contribution in [1.29, 1.82) is 0 Å². The van der Waals surface area contributed by atoms with Crippen molar-refractivity contribution in [2.24, 2.45) is 5.16 Å². The van der Waals surface area contributed by atoms with Gasteiger partial charge in [0.25, 0.3) is 11.8 Å². The first-order valence-corrected chi connectivity index (χ1v) is 13.6. The van der Waals surface area contributed by atoms with Gasteiger partial charge in [0.2, 0.25) is 11.3 Å². The third kappa shape index (κ3) is 4.94. The summed E-state index contributed by atoms with van der Waals surface area (Å²) >= 11 is 5.66. The Kier molecular flexibility index (Phi) is 7.78. The van der Waals surface area contributed by atoms with Crippen molar-refractivity contribution in [3.8, 4) is 5.75 Å². The Labute approximate surface area is 239 Å². The number of unbranched alkanes of at least 4 members (excludes halogenated alkanes) is 1. The molecule has 5 rings (SSSR count). The van der Waals surface area contributed by atoms with Gasteiger partial charge in [-0.1, -0.05) is 42.2 Å². The predicted molar refractivity (Wildman–Crippen MR) is 145 cm³/mol. The highest BCUT2D eigenvalue weighted by Gasteiger charge is 2.53.